The van der Waals surface area contributed by atoms with Crippen LogP contribution >= 0.6 is 0 Å². The van der Waals surface area contributed by atoms with E-state index < -0.39 is 5.97 Å². The molecule has 0 atom stereocenters. The number of hydrogen-bond donors (Lipinski definition) is 3. The molecule has 0 aliphatic rings. The van der Waals surface area contributed by atoms with Gasteiger partial charge < -0.3 is 15.7 Å². The van der Waals surface area contributed by atoms with E-state index in [1.54, 1.807) is 37.3 Å². The van der Waals surface area contributed by atoms with E-state index in [1.165, 1.54) is 17.2 Å². The van der Waals surface area contributed by atoms with E-state index >= 15 is 0 Å². The molecule has 0 radical (unpaired) electrons. The van der Waals surface area contributed by atoms with Crippen LogP contribution in [0.1, 0.15) is 89.4 Å². The summed E-state index contributed by atoms with van der Waals surface area (Å²) in [5.41, 5.74) is 11.6. The van der Waals surface area contributed by atoms with Crippen LogP contribution in [0.4, 0.5) is 17.1 Å². The van der Waals surface area contributed by atoms with Gasteiger partial charge in [-0.3, -0.25) is 9.59 Å². The topological polar surface area (TPSA) is 99.9 Å². The minimum Gasteiger partial charge on any atom is -0.478 e. The van der Waals surface area contributed by atoms with Gasteiger partial charge in [0.05, 0.1) is 12.1 Å². The van der Waals surface area contributed by atoms with Crippen LogP contribution in [-0.4, -0.2) is 22.9 Å². The van der Waals surface area contributed by atoms with Gasteiger partial charge in [0.15, 0.2) is 5.69 Å². The molecule has 0 saturated heterocycles. The summed E-state index contributed by atoms with van der Waals surface area (Å²) in [7, 11) is 0. The number of nitrogens with one attached hydrogen (secondary N) is 2. The normalized spacial score (nSPS) is 10.3. The van der Waals surface area contributed by atoms with Crippen molar-refractivity contribution >= 4 is 34.8 Å². The first-order chi connectivity index (χ1) is 21.3. The van der Waals surface area contributed by atoms with Gasteiger partial charge in [0.2, 0.25) is 0 Å². The van der Waals surface area contributed by atoms with E-state index in [0.717, 1.165) is 52.0 Å². The van der Waals surface area contributed by atoms with Gasteiger partial charge in [-0.15, -0.1) is 0 Å². The van der Waals surface area contributed by atoms with E-state index in [2.05, 4.69) is 54.4 Å². The summed E-state index contributed by atoms with van der Waals surface area (Å²) in [6.45, 7) is 22.8. The van der Waals surface area contributed by atoms with Crippen molar-refractivity contribution in [1.29, 1.82) is 0 Å². The Morgan fingerprint density at radius 1 is 0.644 bits per heavy atom. The minimum atomic E-state index is -0.989. The third kappa shape index (κ3) is 8.45. The zero-order valence-electron chi connectivity index (χ0n) is 27.3. The molecular weight excluding hydrogens is 562 g/mol. The average Bonchev–Trinajstić information content (AvgIpc) is 2.99. The average molecular weight is 604 g/mol. The maximum absolute atomic E-state index is 12.5. The number of hydrogen-bond acceptors (Lipinski definition) is 3. The lowest BCUT2D eigenvalue weighted by Gasteiger charge is -2.15. The highest BCUT2D eigenvalue weighted by atomic mass is 16.4. The van der Waals surface area contributed by atoms with Crippen LogP contribution in [0.2, 0.25) is 0 Å². The second-order valence-corrected chi connectivity index (χ2v) is 11.3. The molecule has 0 aromatic heterocycles. The molecule has 0 unspecified atom stereocenters. The highest BCUT2D eigenvalue weighted by Crippen LogP contribution is 2.26. The van der Waals surface area contributed by atoms with Crippen LogP contribution in [0.25, 0.3) is 4.85 Å². The standard InChI is InChI=1S/C19H20N2O.C19H21NO3/c1-6-15-10-12(2)9-14(4)18(15)21-19(22)16-7-8-17(20-5)13(3)11-16;1-5-14-9-11(2)8-13(4)17(14)20-18(21)15-6-7-16(19(22)23)12(3)10-15/h7-11H,6H2,1-4H3,(H,21,22);6-10H,5H2,1-4H3,(H,20,21)(H,22,23). The molecule has 4 aromatic rings. The van der Waals surface area contributed by atoms with Gasteiger partial charge in [-0.25, -0.2) is 9.64 Å². The molecule has 0 aliphatic carbocycles. The largest absolute Gasteiger partial charge is 0.478 e. The highest BCUT2D eigenvalue weighted by Gasteiger charge is 2.15. The van der Waals surface area contributed by atoms with Crippen molar-refractivity contribution in [1.82, 2.24) is 0 Å². The fourth-order valence-corrected chi connectivity index (χ4v) is 5.36. The van der Waals surface area contributed by atoms with E-state index in [-0.39, 0.29) is 17.4 Å². The summed E-state index contributed by atoms with van der Waals surface area (Å²) in [5.74, 6) is -1.36. The predicted octanol–water partition coefficient (Wildman–Crippen LogP) is 9.10. The Bertz CT molecular complexity index is 1820. The Morgan fingerprint density at radius 2 is 1.09 bits per heavy atom. The first kappa shape index (κ1) is 34.3. The number of carbonyl (C=O) groups excluding carboxylic acids is 2. The van der Waals surface area contributed by atoms with Gasteiger partial charge in [-0.05, 0) is 106 Å². The maximum atomic E-state index is 12.5. The van der Waals surface area contributed by atoms with Crippen LogP contribution in [-0.2, 0) is 12.8 Å². The van der Waals surface area contributed by atoms with Gasteiger partial charge >= 0.3 is 5.97 Å². The van der Waals surface area contributed by atoms with Crippen LogP contribution in [0.15, 0.2) is 60.7 Å². The predicted molar refractivity (Wildman–Crippen MR) is 182 cm³/mol. The van der Waals surface area contributed by atoms with Gasteiger partial charge in [-0.1, -0.05) is 67.4 Å². The molecule has 0 spiro atoms. The molecule has 0 bridgehead atoms. The quantitative estimate of drug-likeness (QED) is 0.183. The fourth-order valence-electron chi connectivity index (χ4n) is 5.36. The number of anilines is 2. The highest BCUT2D eigenvalue weighted by molar-refractivity contribution is 6.06. The van der Waals surface area contributed by atoms with Crippen molar-refractivity contribution in [2.45, 2.75) is 68.2 Å². The third-order valence-electron chi connectivity index (χ3n) is 7.66. The number of nitrogens with zero attached hydrogens (tertiary/aromatic N) is 1. The van der Waals surface area contributed by atoms with Gasteiger partial charge in [0.25, 0.3) is 11.8 Å². The molecule has 7 nitrogen and oxygen atoms in total. The Labute approximate surface area is 266 Å². The molecule has 4 rings (SSSR count). The van der Waals surface area contributed by atoms with Gasteiger partial charge in [0.1, 0.15) is 0 Å². The van der Waals surface area contributed by atoms with Crippen molar-refractivity contribution < 1.29 is 19.5 Å². The van der Waals surface area contributed by atoms with Crippen LogP contribution < -0.4 is 10.6 Å². The molecule has 232 valence electrons. The first-order valence-corrected chi connectivity index (χ1v) is 14.9. The summed E-state index contributed by atoms with van der Waals surface area (Å²) in [4.78, 5) is 39.5. The third-order valence-corrected chi connectivity index (χ3v) is 7.66. The summed E-state index contributed by atoms with van der Waals surface area (Å²) in [6, 6.07) is 18.1. The van der Waals surface area contributed by atoms with E-state index in [4.69, 9.17) is 11.7 Å². The lowest BCUT2D eigenvalue weighted by Crippen LogP contribution is -2.15. The van der Waals surface area contributed by atoms with E-state index in [9.17, 15) is 14.4 Å². The van der Waals surface area contributed by atoms with Crippen molar-refractivity contribution in [2.75, 3.05) is 10.6 Å². The summed E-state index contributed by atoms with van der Waals surface area (Å²) >= 11 is 0. The Balaban J connectivity index is 0.000000246. The number of aryl methyl sites for hydroxylation is 8. The Morgan fingerprint density at radius 3 is 1.47 bits per heavy atom. The lowest BCUT2D eigenvalue weighted by molar-refractivity contribution is 0.0695. The molecule has 4 aromatic carbocycles. The number of carboxylic acid groups (broad SMARTS) is 1. The van der Waals surface area contributed by atoms with E-state index in [1.807, 2.05) is 33.8 Å². The lowest BCUT2D eigenvalue weighted by atomic mass is 10.0. The SMILES string of the molecule is CCc1cc(C)cc(C)c1NC(=O)c1ccc(C(=O)O)c(C)c1.[C-]#[N+]c1ccc(C(=O)Nc2c(C)cc(C)cc2CC)cc1C. The Hall–Kier alpha value is -5.22. The molecule has 2 amide bonds. The number of carbonyl (C=O) groups is 3. The molecule has 0 saturated carbocycles. The number of rotatable bonds is 7. The van der Waals surface area contributed by atoms with Crippen LogP contribution in [0.5, 0.6) is 0 Å². The molecule has 0 heterocycles. The molecular formula is C38H41N3O4. The summed E-state index contributed by atoms with van der Waals surface area (Å²) < 4.78 is 0. The molecule has 0 fully saturated rings. The summed E-state index contributed by atoms with van der Waals surface area (Å²) in [5, 5.41) is 15.0. The van der Waals surface area contributed by atoms with Gasteiger partial charge in [-0.2, -0.15) is 0 Å². The number of benzene rings is 4. The molecule has 7 heteroatoms. The monoisotopic (exact) mass is 603 g/mol. The van der Waals surface area contributed by atoms with Crippen molar-refractivity contribution in [3.05, 3.63) is 133 Å². The van der Waals surface area contributed by atoms with Crippen LogP contribution in [0.3, 0.4) is 0 Å². The fraction of sp³-hybridized carbons (Fsp3) is 0.263. The summed E-state index contributed by atoms with van der Waals surface area (Å²) in [6.07, 6.45) is 1.70. The van der Waals surface area contributed by atoms with Crippen molar-refractivity contribution in [3.63, 3.8) is 0 Å². The second kappa shape index (κ2) is 15.0. The Kier molecular flexibility index (Phi) is 11.4. The number of amides is 2. The van der Waals surface area contributed by atoms with Gasteiger partial charge in [0, 0.05) is 22.5 Å². The van der Waals surface area contributed by atoms with Crippen LogP contribution in [0, 0.1) is 48.1 Å². The molecule has 45 heavy (non-hydrogen) atoms. The first-order valence-electron chi connectivity index (χ1n) is 14.9. The van der Waals surface area contributed by atoms with Crippen molar-refractivity contribution in [2.24, 2.45) is 0 Å². The smallest absolute Gasteiger partial charge is 0.335 e. The maximum Gasteiger partial charge on any atom is 0.335 e. The number of carboxylic acids is 1. The molecule has 3 N–H and O–H groups in total. The zero-order chi connectivity index (χ0) is 33.4. The zero-order valence-corrected chi connectivity index (χ0v) is 27.3. The minimum absolute atomic E-state index is 0.138. The molecule has 0 aliphatic heterocycles. The van der Waals surface area contributed by atoms with E-state index in [0.29, 0.717) is 22.4 Å². The second-order valence-electron chi connectivity index (χ2n) is 11.3. The number of aromatic carboxylic acids is 1. The van der Waals surface area contributed by atoms with Crippen molar-refractivity contribution in [3.8, 4) is 0 Å².